The van der Waals surface area contributed by atoms with Crippen LogP contribution in [0.15, 0.2) is 18.2 Å². The quantitative estimate of drug-likeness (QED) is 0.829. The van der Waals surface area contributed by atoms with Gasteiger partial charge in [-0.2, -0.15) is 0 Å². The number of nitrogens with two attached hydrogens (primary N) is 1. The molecule has 20 heavy (non-hydrogen) atoms. The minimum atomic E-state index is -0.504. The Morgan fingerprint density at radius 3 is 2.65 bits per heavy atom. The molecule has 0 saturated heterocycles. The predicted molar refractivity (Wildman–Crippen MR) is 78.7 cm³/mol. The molecule has 1 atom stereocenters. The number of hydrogen-bond donors (Lipinski definition) is 2. The normalized spacial score (nSPS) is 11.7. The Morgan fingerprint density at radius 2 is 2.15 bits per heavy atom. The Hall–Kier alpha value is -1.86. The summed E-state index contributed by atoms with van der Waals surface area (Å²) in [6.45, 7) is 6.27. The van der Waals surface area contributed by atoms with Crippen LogP contribution in [0, 0.1) is 23.6 Å². The van der Waals surface area contributed by atoms with Crippen LogP contribution in [0.2, 0.25) is 0 Å². The Labute approximate surface area is 119 Å². The van der Waals surface area contributed by atoms with Gasteiger partial charge in [-0.05, 0) is 30.5 Å². The number of benzene rings is 1. The second-order valence-electron chi connectivity index (χ2n) is 4.93. The molecule has 0 saturated carbocycles. The third-order valence-electron chi connectivity index (χ3n) is 3.12. The summed E-state index contributed by atoms with van der Waals surface area (Å²) >= 11 is 0. The molecule has 0 aromatic heterocycles. The van der Waals surface area contributed by atoms with Crippen LogP contribution in [0.5, 0.6) is 0 Å². The minimum Gasteiger partial charge on any atom is -0.349 e. The Balaban J connectivity index is 2.87. The summed E-state index contributed by atoms with van der Waals surface area (Å²) in [6, 6.07) is 4.38. The summed E-state index contributed by atoms with van der Waals surface area (Å²) in [5.41, 5.74) is 5.80. The van der Waals surface area contributed by atoms with Gasteiger partial charge in [0.05, 0.1) is 12.1 Å². The average Bonchev–Trinajstić information content (AvgIpc) is 2.42. The third kappa shape index (κ3) is 4.36. The van der Waals surface area contributed by atoms with Crippen LogP contribution in [0.4, 0.5) is 4.39 Å². The fraction of sp³-hybridized carbons (Fsp3) is 0.438. The van der Waals surface area contributed by atoms with Crippen LogP contribution in [0.3, 0.4) is 0 Å². The van der Waals surface area contributed by atoms with Gasteiger partial charge in [0.15, 0.2) is 0 Å². The van der Waals surface area contributed by atoms with Crippen molar-refractivity contribution in [2.45, 2.75) is 33.2 Å². The summed E-state index contributed by atoms with van der Waals surface area (Å²) in [4.78, 5) is 12.1. The number of carbonyl (C=O) groups excluding carboxylic acids is 1. The topological polar surface area (TPSA) is 55.1 Å². The minimum absolute atomic E-state index is 0.0854. The number of hydrogen-bond acceptors (Lipinski definition) is 2. The molecule has 3 nitrogen and oxygen atoms in total. The van der Waals surface area contributed by atoms with Crippen molar-refractivity contribution in [2.24, 2.45) is 11.7 Å². The standard InChI is InChI=1S/C16H21FN2O/c1-4-15(11(2)3)19-16(20)13-8-7-12(6-5-9-18)14(17)10-13/h7-8,10-11,15H,4,9,18H2,1-3H3,(H,19,20). The first-order chi connectivity index (χ1) is 9.49. The van der Waals surface area contributed by atoms with Crippen LogP contribution < -0.4 is 11.1 Å². The zero-order chi connectivity index (χ0) is 15.1. The predicted octanol–water partition coefficient (Wildman–Crippen LogP) is 2.30. The van der Waals surface area contributed by atoms with Gasteiger partial charge >= 0.3 is 0 Å². The first kappa shape index (κ1) is 16.2. The summed E-state index contributed by atoms with van der Waals surface area (Å²) in [6.07, 6.45) is 0.839. The molecule has 1 rings (SSSR count). The molecule has 1 aromatic rings. The van der Waals surface area contributed by atoms with Crippen molar-refractivity contribution in [1.82, 2.24) is 5.32 Å². The second kappa shape index (κ2) is 7.66. The third-order valence-corrected chi connectivity index (χ3v) is 3.12. The number of amides is 1. The van der Waals surface area contributed by atoms with Crippen LogP contribution in [0.1, 0.15) is 43.1 Å². The molecule has 3 N–H and O–H groups in total. The number of halogens is 1. The maximum atomic E-state index is 13.8. The van der Waals surface area contributed by atoms with Gasteiger partial charge in [-0.25, -0.2) is 4.39 Å². The van der Waals surface area contributed by atoms with Crippen LogP contribution in [-0.2, 0) is 0 Å². The molecule has 0 bridgehead atoms. The fourth-order valence-corrected chi connectivity index (χ4v) is 1.90. The van der Waals surface area contributed by atoms with E-state index in [1.165, 1.54) is 12.1 Å². The number of carbonyl (C=O) groups is 1. The molecule has 0 spiro atoms. The molecule has 0 heterocycles. The average molecular weight is 276 g/mol. The van der Waals surface area contributed by atoms with Gasteiger partial charge in [-0.15, -0.1) is 0 Å². The molecular weight excluding hydrogens is 255 g/mol. The lowest BCUT2D eigenvalue weighted by atomic mass is 10.0. The Bertz CT molecular complexity index is 529. The van der Waals surface area contributed by atoms with Gasteiger partial charge in [-0.1, -0.05) is 32.6 Å². The van der Waals surface area contributed by atoms with E-state index in [1.54, 1.807) is 6.07 Å². The smallest absolute Gasteiger partial charge is 0.251 e. The van der Waals surface area contributed by atoms with Gasteiger partial charge in [-0.3, -0.25) is 4.79 Å². The summed E-state index contributed by atoms with van der Waals surface area (Å²) in [7, 11) is 0. The molecule has 0 aliphatic rings. The molecule has 4 heteroatoms. The maximum absolute atomic E-state index is 13.8. The molecular formula is C16H21FN2O. The molecule has 108 valence electrons. The van der Waals surface area contributed by atoms with Crippen molar-refractivity contribution in [3.05, 3.63) is 35.1 Å². The Morgan fingerprint density at radius 1 is 1.45 bits per heavy atom. The zero-order valence-electron chi connectivity index (χ0n) is 12.2. The molecule has 0 aliphatic carbocycles. The van der Waals surface area contributed by atoms with E-state index in [0.717, 1.165) is 6.42 Å². The van der Waals surface area contributed by atoms with E-state index in [1.807, 2.05) is 20.8 Å². The lowest BCUT2D eigenvalue weighted by Gasteiger charge is -2.20. The largest absolute Gasteiger partial charge is 0.349 e. The molecule has 0 aliphatic heterocycles. The lowest BCUT2D eigenvalue weighted by Crippen LogP contribution is -2.38. The van der Waals surface area contributed by atoms with Gasteiger partial charge in [0.1, 0.15) is 5.82 Å². The van der Waals surface area contributed by atoms with E-state index in [4.69, 9.17) is 5.73 Å². The molecule has 1 amide bonds. The second-order valence-corrected chi connectivity index (χ2v) is 4.93. The van der Waals surface area contributed by atoms with Crippen LogP contribution >= 0.6 is 0 Å². The monoisotopic (exact) mass is 276 g/mol. The summed E-state index contributed by atoms with van der Waals surface area (Å²) in [5, 5.41) is 2.91. The van der Waals surface area contributed by atoms with Gasteiger partial charge in [0, 0.05) is 11.6 Å². The van der Waals surface area contributed by atoms with Crippen molar-refractivity contribution >= 4 is 5.91 Å². The lowest BCUT2D eigenvalue weighted by molar-refractivity contribution is 0.0924. The van der Waals surface area contributed by atoms with Crippen LogP contribution in [0.25, 0.3) is 0 Å². The highest BCUT2D eigenvalue weighted by molar-refractivity contribution is 5.94. The van der Waals surface area contributed by atoms with Gasteiger partial charge < -0.3 is 11.1 Å². The fourth-order valence-electron chi connectivity index (χ4n) is 1.90. The van der Waals surface area contributed by atoms with E-state index >= 15 is 0 Å². The first-order valence-corrected chi connectivity index (χ1v) is 6.79. The Kier molecular flexibility index (Phi) is 6.20. The maximum Gasteiger partial charge on any atom is 0.251 e. The SMILES string of the molecule is CCC(NC(=O)c1ccc(C#CCN)c(F)c1)C(C)C. The van der Waals surface area contributed by atoms with Gasteiger partial charge in [0.25, 0.3) is 5.91 Å². The highest BCUT2D eigenvalue weighted by Gasteiger charge is 2.16. The summed E-state index contributed by atoms with van der Waals surface area (Å²) < 4.78 is 13.8. The molecule has 0 fully saturated rings. The van der Waals surface area contributed by atoms with E-state index in [2.05, 4.69) is 17.2 Å². The van der Waals surface area contributed by atoms with Crippen molar-refractivity contribution in [1.29, 1.82) is 0 Å². The van der Waals surface area contributed by atoms with E-state index in [-0.39, 0.29) is 24.1 Å². The molecule has 1 unspecified atom stereocenters. The first-order valence-electron chi connectivity index (χ1n) is 6.79. The highest BCUT2D eigenvalue weighted by atomic mass is 19.1. The van der Waals surface area contributed by atoms with E-state index < -0.39 is 5.82 Å². The highest BCUT2D eigenvalue weighted by Crippen LogP contribution is 2.11. The molecule has 1 aromatic carbocycles. The van der Waals surface area contributed by atoms with Crippen molar-refractivity contribution in [3.8, 4) is 11.8 Å². The van der Waals surface area contributed by atoms with Crippen LogP contribution in [-0.4, -0.2) is 18.5 Å². The van der Waals surface area contributed by atoms with Crippen molar-refractivity contribution < 1.29 is 9.18 Å². The van der Waals surface area contributed by atoms with E-state index in [9.17, 15) is 9.18 Å². The van der Waals surface area contributed by atoms with E-state index in [0.29, 0.717) is 11.5 Å². The number of nitrogens with one attached hydrogen (secondary N) is 1. The van der Waals surface area contributed by atoms with Crippen molar-refractivity contribution in [3.63, 3.8) is 0 Å². The van der Waals surface area contributed by atoms with Gasteiger partial charge in [0.2, 0.25) is 0 Å². The zero-order valence-corrected chi connectivity index (χ0v) is 12.2. The number of rotatable bonds is 4. The summed E-state index contributed by atoms with van der Waals surface area (Å²) in [5.74, 6) is 4.79. The molecule has 0 radical (unpaired) electrons. The van der Waals surface area contributed by atoms with Crippen molar-refractivity contribution in [2.75, 3.05) is 6.54 Å².